The highest BCUT2D eigenvalue weighted by molar-refractivity contribution is 7.73. The fourth-order valence-electron chi connectivity index (χ4n) is 3.42. The number of halogens is 1. The van der Waals surface area contributed by atoms with E-state index in [1.165, 1.54) is 46.9 Å². The fourth-order valence-corrected chi connectivity index (χ4v) is 11.1. The van der Waals surface area contributed by atoms with Crippen LogP contribution >= 0.6 is 52.6 Å². The lowest BCUT2D eigenvalue weighted by Crippen LogP contribution is -3.00. The summed E-state index contributed by atoms with van der Waals surface area (Å²) in [5, 5.41) is 18.3. The molecule has 0 bridgehead atoms. The third kappa shape index (κ3) is 5.37. The zero-order chi connectivity index (χ0) is 17.0. The summed E-state index contributed by atoms with van der Waals surface area (Å²) in [6.45, 7) is 0. The minimum absolute atomic E-state index is 0. The minimum Gasteiger partial charge on any atom is -1.00 e. The van der Waals surface area contributed by atoms with E-state index in [1.54, 1.807) is 0 Å². The van der Waals surface area contributed by atoms with Gasteiger partial charge in [-0.05, 0) is 89.6 Å². The predicted octanol–water partition coefficient (Wildman–Crippen LogP) is 5.05. The number of hydrogen-bond donors (Lipinski definition) is 0. The molecule has 4 rings (SSSR count). The molecule has 0 aliphatic carbocycles. The third-order valence-electron chi connectivity index (χ3n) is 4.39. The summed E-state index contributed by atoms with van der Waals surface area (Å²) in [7, 11) is -1.22. The first-order valence-electron chi connectivity index (χ1n) is 8.21. The largest absolute Gasteiger partial charge is 1.00 e. The first-order valence-corrected chi connectivity index (χ1v) is 14.5. The maximum Gasteiger partial charge on any atom is 0.0860 e. The van der Waals surface area contributed by atoms with Crippen LogP contribution < -0.4 is 17.0 Å². The molecule has 0 nitrogen and oxygen atoms in total. The Bertz CT molecular complexity index is 699. The van der Waals surface area contributed by atoms with Crippen molar-refractivity contribution >= 4 is 52.6 Å². The molecular formula is C20H20BrPS4. The predicted molar refractivity (Wildman–Crippen MR) is 119 cm³/mol. The normalized spacial score (nSPS) is 11.4. The first kappa shape index (κ1) is 20.4. The van der Waals surface area contributed by atoms with Gasteiger partial charge in [-0.1, -0.05) is 0 Å². The quantitative estimate of drug-likeness (QED) is 0.298. The van der Waals surface area contributed by atoms with E-state index in [0.717, 1.165) is 0 Å². The van der Waals surface area contributed by atoms with Crippen molar-refractivity contribution in [3.63, 3.8) is 0 Å². The summed E-state index contributed by atoms with van der Waals surface area (Å²) in [6.07, 6.45) is 4.99. The van der Waals surface area contributed by atoms with Crippen molar-refractivity contribution in [2.24, 2.45) is 0 Å². The smallest absolute Gasteiger partial charge is 0.0860 e. The maximum atomic E-state index is 2.35. The van der Waals surface area contributed by atoms with E-state index in [4.69, 9.17) is 0 Å². The van der Waals surface area contributed by atoms with Gasteiger partial charge < -0.3 is 17.0 Å². The molecule has 0 N–H and O–H groups in total. The van der Waals surface area contributed by atoms with Gasteiger partial charge >= 0.3 is 0 Å². The Labute approximate surface area is 182 Å². The SMILES string of the molecule is [Br-].c1cc(C[P+](Cc2ccsc2)(Cc2ccsc2)Cc2ccsc2)cs1. The molecular weight excluding hydrogens is 479 g/mol. The number of hydrogen-bond acceptors (Lipinski definition) is 4. The van der Waals surface area contributed by atoms with Gasteiger partial charge in [0.2, 0.25) is 0 Å². The molecule has 26 heavy (non-hydrogen) atoms. The zero-order valence-corrected chi connectivity index (χ0v) is 20.0. The van der Waals surface area contributed by atoms with Crippen LogP contribution in [0, 0.1) is 0 Å². The Kier molecular flexibility index (Phi) is 7.68. The fraction of sp³-hybridized carbons (Fsp3) is 0.200. The van der Waals surface area contributed by atoms with Crippen molar-refractivity contribution in [2.45, 2.75) is 24.6 Å². The van der Waals surface area contributed by atoms with Crippen LogP contribution in [-0.4, -0.2) is 0 Å². The Morgan fingerprint density at radius 2 is 0.769 bits per heavy atom. The third-order valence-corrected chi connectivity index (χ3v) is 11.5. The molecule has 0 fully saturated rings. The molecule has 0 spiro atoms. The molecule has 0 amide bonds. The van der Waals surface area contributed by atoms with Crippen LogP contribution in [0.1, 0.15) is 22.3 Å². The van der Waals surface area contributed by atoms with E-state index in [1.807, 2.05) is 45.3 Å². The highest BCUT2D eigenvalue weighted by atomic mass is 79.9. The Balaban J connectivity index is 0.00000196. The molecule has 4 heterocycles. The summed E-state index contributed by atoms with van der Waals surface area (Å²) in [4.78, 5) is 0. The molecule has 4 aromatic heterocycles. The van der Waals surface area contributed by atoms with Crippen LogP contribution in [0.25, 0.3) is 0 Å². The van der Waals surface area contributed by atoms with Crippen LogP contribution in [-0.2, 0) is 24.6 Å². The van der Waals surface area contributed by atoms with Gasteiger partial charge in [-0.2, -0.15) is 45.3 Å². The second kappa shape index (κ2) is 9.77. The van der Waals surface area contributed by atoms with Crippen molar-refractivity contribution in [1.29, 1.82) is 0 Å². The van der Waals surface area contributed by atoms with E-state index >= 15 is 0 Å². The van der Waals surface area contributed by atoms with Crippen LogP contribution in [0.5, 0.6) is 0 Å². The van der Waals surface area contributed by atoms with Crippen LogP contribution in [0.3, 0.4) is 0 Å². The average molecular weight is 500 g/mol. The molecule has 0 atom stereocenters. The monoisotopic (exact) mass is 498 g/mol. The topological polar surface area (TPSA) is 0 Å². The summed E-state index contributed by atoms with van der Waals surface area (Å²) < 4.78 is 0. The molecule has 136 valence electrons. The second-order valence-corrected chi connectivity index (χ2v) is 13.6. The van der Waals surface area contributed by atoms with E-state index in [-0.39, 0.29) is 17.0 Å². The van der Waals surface area contributed by atoms with Crippen molar-refractivity contribution in [2.75, 3.05) is 0 Å². The molecule has 0 saturated heterocycles. The highest BCUT2D eigenvalue weighted by Crippen LogP contribution is 2.69. The summed E-state index contributed by atoms with van der Waals surface area (Å²) >= 11 is 7.31. The Morgan fingerprint density at radius 3 is 0.962 bits per heavy atom. The van der Waals surface area contributed by atoms with Gasteiger partial charge in [-0.25, -0.2) is 0 Å². The molecule has 0 unspecified atom stereocenters. The van der Waals surface area contributed by atoms with Gasteiger partial charge in [0.15, 0.2) is 0 Å². The second-order valence-electron chi connectivity index (χ2n) is 6.50. The van der Waals surface area contributed by atoms with E-state index in [9.17, 15) is 0 Å². The van der Waals surface area contributed by atoms with Crippen molar-refractivity contribution in [3.8, 4) is 0 Å². The Morgan fingerprint density at radius 1 is 0.500 bits per heavy atom. The van der Waals surface area contributed by atoms with E-state index in [0.29, 0.717) is 0 Å². The summed E-state index contributed by atoms with van der Waals surface area (Å²) in [6, 6.07) is 9.31. The summed E-state index contributed by atoms with van der Waals surface area (Å²) in [5.74, 6) is 0. The van der Waals surface area contributed by atoms with Gasteiger partial charge in [0.25, 0.3) is 0 Å². The lowest BCUT2D eigenvalue weighted by molar-refractivity contribution is -0.00000499. The highest BCUT2D eigenvalue weighted by Gasteiger charge is 2.39. The standard InChI is InChI=1S/C20H20PS4.BrH/c1-5-22-13-17(1)9-21(10-18-2-6-23-14-18,11-19-3-7-24-15-19)12-20-4-8-25-16-20;/h1-8,13-16H,9-12H2;1H/q+1;/p-1. The van der Waals surface area contributed by atoms with Gasteiger partial charge in [-0.3, -0.25) is 0 Å². The molecule has 6 heteroatoms. The summed E-state index contributed by atoms with van der Waals surface area (Å²) in [5.41, 5.74) is 6.11. The van der Waals surface area contributed by atoms with Crippen LogP contribution in [0.2, 0.25) is 0 Å². The molecule has 0 radical (unpaired) electrons. The molecule has 0 aliphatic rings. The zero-order valence-electron chi connectivity index (χ0n) is 14.2. The molecule has 4 aromatic rings. The van der Waals surface area contributed by atoms with Gasteiger partial charge in [0.05, 0.1) is 24.6 Å². The lowest BCUT2D eigenvalue weighted by Gasteiger charge is -2.27. The van der Waals surface area contributed by atoms with Crippen molar-refractivity contribution in [3.05, 3.63) is 89.6 Å². The van der Waals surface area contributed by atoms with Crippen molar-refractivity contribution in [1.82, 2.24) is 0 Å². The number of rotatable bonds is 8. The minimum atomic E-state index is -1.22. The van der Waals surface area contributed by atoms with Gasteiger partial charge in [0, 0.05) is 7.26 Å². The van der Waals surface area contributed by atoms with E-state index in [2.05, 4.69) is 67.3 Å². The lowest BCUT2D eigenvalue weighted by atomic mass is 10.4. The Hall–Kier alpha value is -0.290. The average Bonchev–Trinajstić information content (AvgIpc) is 3.37. The van der Waals surface area contributed by atoms with Crippen LogP contribution in [0.4, 0.5) is 0 Å². The maximum absolute atomic E-state index is 2.35. The van der Waals surface area contributed by atoms with Gasteiger partial charge in [-0.15, -0.1) is 0 Å². The molecule has 0 aromatic carbocycles. The number of thiophene rings is 4. The molecule has 0 saturated carbocycles. The van der Waals surface area contributed by atoms with Crippen LogP contribution in [0.15, 0.2) is 67.3 Å². The van der Waals surface area contributed by atoms with Crippen molar-refractivity contribution < 1.29 is 17.0 Å². The van der Waals surface area contributed by atoms with Gasteiger partial charge in [0.1, 0.15) is 0 Å². The van der Waals surface area contributed by atoms with E-state index < -0.39 is 7.26 Å². The first-order chi connectivity index (χ1) is 12.3. The molecule has 0 aliphatic heterocycles.